The van der Waals surface area contributed by atoms with Crippen LogP contribution < -0.4 is 5.46 Å². The third-order valence-corrected chi connectivity index (χ3v) is 3.88. The lowest BCUT2D eigenvalue weighted by Crippen LogP contribution is -2.41. The average Bonchev–Trinajstić information content (AvgIpc) is 2.47. The van der Waals surface area contributed by atoms with Gasteiger partial charge in [0.2, 0.25) is 0 Å². The Morgan fingerprint density at radius 1 is 1.21 bits per heavy atom. The summed E-state index contributed by atoms with van der Waals surface area (Å²) in [6.45, 7) is 7.44. The molecule has 0 atom stereocenters. The third-order valence-electron chi connectivity index (χ3n) is 3.68. The summed E-state index contributed by atoms with van der Waals surface area (Å²) in [5, 5.41) is 0.133. The second-order valence-corrected chi connectivity index (χ2v) is 5.91. The molecule has 2 heterocycles. The molecule has 19 heavy (non-hydrogen) atoms. The van der Waals surface area contributed by atoms with Crippen LogP contribution in [0.4, 0.5) is 8.78 Å². The van der Waals surface area contributed by atoms with Crippen molar-refractivity contribution >= 4 is 24.2 Å². The fourth-order valence-corrected chi connectivity index (χ4v) is 1.98. The number of pyridine rings is 1. The van der Waals surface area contributed by atoms with E-state index in [1.165, 1.54) is 6.07 Å². The molecule has 0 N–H and O–H groups in total. The summed E-state index contributed by atoms with van der Waals surface area (Å²) in [4.78, 5) is 3.68. The summed E-state index contributed by atoms with van der Waals surface area (Å²) in [6, 6.07) is 1.37. The van der Waals surface area contributed by atoms with E-state index in [2.05, 4.69) is 4.98 Å². The van der Waals surface area contributed by atoms with Crippen LogP contribution in [0.2, 0.25) is 5.15 Å². The molecular weight excluding hydrogens is 274 g/mol. The molecule has 3 nitrogen and oxygen atoms in total. The zero-order valence-electron chi connectivity index (χ0n) is 11.2. The Hall–Kier alpha value is -0.715. The summed E-state index contributed by atoms with van der Waals surface area (Å²) in [5.74, 6) is 0. The Morgan fingerprint density at radius 2 is 1.74 bits per heavy atom. The van der Waals surface area contributed by atoms with Gasteiger partial charge in [0.1, 0.15) is 5.15 Å². The molecule has 1 aliphatic rings. The van der Waals surface area contributed by atoms with Crippen molar-refractivity contribution in [1.29, 1.82) is 0 Å². The van der Waals surface area contributed by atoms with Crippen LogP contribution in [0.1, 0.15) is 39.7 Å². The molecule has 7 heteroatoms. The third kappa shape index (κ3) is 2.62. The Balaban J connectivity index is 2.41. The van der Waals surface area contributed by atoms with Gasteiger partial charge in [0, 0.05) is 11.8 Å². The molecule has 0 amide bonds. The molecule has 1 aromatic rings. The highest BCUT2D eigenvalue weighted by atomic mass is 35.5. The standard InChI is InChI=1S/C12H15BClF2NO2/c1-11(2)12(3,4)19-13(18-11)8-5-9(14)17-6-7(8)10(15)16/h5-6,10H,1-4H3. The van der Waals surface area contributed by atoms with Crippen LogP contribution in [0.15, 0.2) is 12.3 Å². The van der Waals surface area contributed by atoms with Crippen molar-refractivity contribution < 1.29 is 18.1 Å². The van der Waals surface area contributed by atoms with Crippen LogP contribution in [0.5, 0.6) is 0 Å². The van der Waals surface area contributed by atoms with E-state index >= 15 is 0 Å². The highest BCUT2D eigenvalue weighted by Crippen LogP contribution is 2.37. The molecule has 0 aliphatic carbocycles. The fourth-order valence-electron chi connectivity index (χ4n) is 1.81. The number of hydrogen-bond acceptors (Lipinski definition) is 3. The predicted octanol–water partition coefficient (Wildman–Crippen LogP) is 2.97. The van der Waals surface area contributed by atoms with Gasteiger partial charge < -0.3 is 9.31 Å². The molecule has 0 aromatic carbocycles. The van der Waals surface area contributed by atoms with Gasteiger partial charge in [-0.15, -0.1) is 0 Å². The molecule has 0 unspecified atom stereocenters. The largest absolute Gasteiger partial charge is 0.495 e. The van der Waals surface area contributed by atoms with Gasteiger partial charge in [-0.05, 0) is 39.2 Å². The van der Waals surface area contributed by atoms with Gasteiger partial charge in [-0.3, -0.25) is 0 Å². The number of nitrogens with zero attached hydrogens (tertiary/aromatic N) is 1. The van der Waals surface area contributed by atoms with E-state index in [9.17, 15) is 8.78 Å². The summed E-state index contributed by atoms with van der Waals surface area (Å²) in [6.07, 6.45) is -1.59. The van der Waals surface area contributed by atoms with Crippen LogP contribution in [-0.2, 0) is 9.31 Å². The summed E-state index contributed by atoms with van der Waals surface area (Å²) in [5.41, 5.74) is -1.17. The number of alkyl halides is 2. The van der Waals surface area contributed by atoms with Crippen LogP contribution >= 0.6 is 11.6 Å². The van der Waals surface area contributed by atoms with Crippen molar-refractivity contribution in [3.8, 4) is 0 Å². The van der Waals surface area contributed by atoms with Gasteiger partial charge in [-0.1, -0.05) is 11.6 Å². The molecule has 0 bridgehead atoms. The van der Waals surface area contributed by atoms with Crippen molar-refractivity contribution in [2.24, 2.45) is 0 Å². The summed E-state index contributed by atoms with van der Waals surface area (Å²) >= 11 is 5.77. The zero-order chi connectivity index (χ0) is 14.4. The summed E-state index contributed by atoms with van der Waals surface area (Å²) < 4.78 is 37.5. The zero-order valence-corrected chi connectivity index (χ0v) is 12.0. The number of aromatic nitrogens is 1. The smallest absolute Gasteiger partial charge is 0.399 e. The second kappa shape index (κ2) is 4.68. The molecule has 1 saturated heterocycles. The van der Waals surface area contributed by atoms with Crippen molar-refractivity contribution in [2.45, 2.75) is 45.3 Å². The SMILES string of the molecule is CC1(C)OB(c2cc(Cl)ncc2C(F)F)OC1(C)C. The van der Waals surface area contributed by atoms with Crippen molar-refractivity contribution in [3.63, 3.8) is 0 Å². The van der Waals surface area contributed by atoms with Crippen molar-refractivity contribution in [2.75, 3.05) is 0 Å². The Labute approximate surface area is 116 Å². The van der Waals surface area contributed by atoms with Crippen LogP contribution in [0.3, 0.4) is 0 Å². The van der Waals surface area contributed by atoms with Crippen LogP contribution in [-0.4, -0.2) is 23.3 Å². The predicted molar refractivity (Wildman–Crippen MR) is 69.9 cm³/mol. The molecule has 0 spiro atoms. The van der Waals surface area contributed by atoms with Crippen molar-refractivity contribution in [3.05, 3.63) is 23.0 Å². The van der Waals surface area contributed by atoms with Gasteiger partial charge in [-0.2, -0.15) is 0 Å². The minimum absolute atomic E-state index is 0.133. The number of rotatable bonds is 2. The Bertz CT molecular complexity index is 481. The monoisotopic (exact) mass is 289 g/mol. The highest BCUT2D eigenvalue weighted by molar-refractivity contribution is 6.63. The first-order valence-corrected chi connectivity index (χ1v) is 6.31. The highest BCUT2D eigenvalue weighted by Gasteiger charge is 2.52. The topological polar surface area (TPSA) is 31.4 Å². The average molecular weight is 290 g/mol. The quantitative estimate of drug-likeness (QED) is 0.619. The Kier molecular flexibility index (Phi) is 3.62. The maximum atomic E-state index is 13.0. The van der Waals surface area contributed by atoms with E-state index in [0.717, 1.165) is 6.20 Å². The molecule has 1 aliphatic heterocycles. The molecular formula is C12H15BClF2NO2. The maximum absolute atomic E-state index is 13.0. The van der Waals surface area contributed by atoms with Gasteiger partial charge >= 0.3 is 7.12 Å². The lowest BCUT2D eigenvalue weighted by Gasteiger charge is -2.32. The van der Waals surface area contributed by atoms with Gasteiger partial charge in [0.25, 0.3) is 6.43 Å². The first-order chi connectivity index (χ1) is 8.64. The second-order valence-electron chi connectivity index (χ2n) is 5.52. The van der Waals surface area contributed by atoms with E-state index < -0.39 is 24.7 Å². The normalized spacial score (nSPS) is 21.2. The first-order valence-electron chi connectivity index (χ1n) is 5.93. The molecule has 0 saturated carbocycles. The van der Waals surface area contributed by atoms with E-state index in [1.807, 2.05) is 27.7 Å². The molecule has 2 rings (SSSR count). The van der Waals surface area contributed by atoms with Crippen LogP contribution in [0, 0.1) is 0 Å². The van der Waals surface area contributed by atoms with E-state index in [4.69, 9.17) is 20.9 Å². The van der Waals surface area contributed by atoms with E-state index in [-0.39, 0.29) is 16.2 Å². The van der Waals surface area contributed by atoms with Crippen molar-refractivity contribution in [1.82, 2.24) is 4.98 Å². The van der Waals surface area contributed by atoms with E-state index in [1.54, 1.807) is 0 Å². The maximum Gasteiger partial charge on any atom is 0.495 e. The number of hydrogen-bond donors (Lipinski definition) is 0. The minimum atomic E-state index is -2.65. The Morgan fingerprint density at radius 3 is 2.21 bits per heavy atom. The molecule has 1 fully saturated rings. The van der Waals surface area contributed by atoms with Gasteiger partial charge in [0.05, 0.1) is 11.2 Å². The van der Waals surface area contributed by atoms with E-state index in [0.29, 0.717) is 0 Å². The minimum Gasteiger partial charge on any atom is -0.399 e. The van der Waals surface area contributed by atoms with Crippen LogP contribution in [0.25, 0.3) is 0 Å². The fraction of sp³-hybridized carbons (Fsp3) is 0.583. The molecule has 0 radical (unpaired) electrons. The lowest BCUT2D eigenvalue weighted by molar-refractivity contribution is 0.00578. The lowest BCUT2D eigenvalue weighted by atomic mass is 9.77. The molecule has 1 aromatic heterocycles. The first kappa shape index (κ1) is 14.7. The molecule has 104 valence electrons. The van der Waals surface area contributed by atoms with Gasteiger partial charge in [0.15, 0.2) is 0 Å². The van der Waals surface area contributed by atoms with Gasteiger partial charge in [-0.25, -0.2) is 13.8 Å². The number of halogens is 3. The summed E-state index contributed by atoms with van der Waals surface area (Å²) in [7, 11) is -0.866.